The number of benzene rings is 2. The fourth-order valence-electron chi connectivity index (χ4n) is 2.10. The number of rotatable bonds is 7. The van der Waals surface area contributed by atoms with Crippen LogP contribution in [0.2, 0.25) is 10.0 Å². The second kappa shape index (κ2) is 9.40. The fourth-order valence-corrected chi connectivity index (χ4v) is 2.67. The molecule has 0 saturated carbocycles. The Bertz CT molecular complexity index is 801. The molecule has 26 heavy (non-hydrogen) atoms. The maximum atomic E-state index is 13.4. The number of halogens is 3. The molecule has 1 amide bonds. The predicted molar refractivity (Wildman–Crippen MR) is 95.9 cm³/mol. The minimum Gasteiger partial charge on any atom is -0.479 e. The van der Waals surface area contributed by atoms with Crippen LogP contribution in [0.1, 0.15) is 18.5 Å². The molecule has 8 heteroatoms. The Morgan fingerprint density at radius 3 is 2.58 bits per heavy atom. The fraction of sp³-hybridized carbons (Fsp3) is 0.222. The number of nitrogens with one attached hydrogen (secondary N) is 1. The first-order valence-electron chi connectivity index (χ1n) is 7.64. The average Bonchev–Trinajstić information content (AvgIpc) is 2.59. The number of esters is 1. The number of para-hydroxylation sites is 1. The Morgan fingerprint density at radius 2 is 1.88 bits per heavy atom. The van der Waals surface area contributed by atoms with Gasteiger partial charge in [-0.1, -0.05) is 41.4 Å². The van der Waals surface area contributed by atoms with Gasteiger partial charge in [0.2, 0.25) is 0 Å². The first-order valence-corrected chi connectivity index (χ1v) is 8.39. The zero-order chi connectivity index (χ0) is 19.1. The van der Waals surface area contributed by atoms with Gasteiger partial charge in [0, 0.05) is 10.0 Å². The summed E-state index contributed by atoms with van der Waals surface area (Å²) in [4.78, 5) is 23.5. The second-order valence-corrected chi connectivity index (χ2v) is 6.18. The SMILES string of the molecule is C[C@H](NC(=O)COC(=O)COc1ccccc1F)c1ccc(Cl)cc1Cl. The largest absolute Gasteiger partial charge is 0.479 e. The van der Waals surface area contributed by atoms with E-state index in [1.54, 1.807) is 31.2 Å². The topological polar surface area (TPSA) is 64.6 Å². The summed E-state index contributed by atoms with van der Waals surface area (Å²) in [5, 5.41) is 3.55. The quantitative estimate of drug-likeness (QED) is 0.716. The molecule has 5 nitrogen and oxygen atoms in total. The summed E-state index contributed by atoms with van der Waals surface area (Å²) < 4.78 is 23.2. The minimum atomic E-state index is -0.791. The van der Waals surface area contributed by atoms with Crippen LogP contribution in [0.15, 0.2) is 42.5 Å². The van der Waals surface area contributed by atoms with E-state index in [9.17, 15) is 14.0 Å². The summed E-state index contributed by atoms with van der Waals surface area (Å²) in [6.45, 7) is 0.734. The van der Waals surface area contributed by atoms with Crippen LogP contribution in [-0.2, 0) is 14.3 Å². The molecule has 0 fully saturated rings. The van der Waals surface area contributed by atoms with Crippen LogP contribution in [0.3, 0.4) is 0 Å². The summed E-state index contributed by atoms with van der Waals surface area (Å²) in [6, 6.07) is 10.2. The van der Waals surface area contributed by atoms with Gasteiger partial charge in [0.1, 0.15) is 0 Å². The second-order valence-electron chi connectivity index (χ2n) is 5.33. The predicted octanol–water partition coefficient (Wildman–Crippen LogP) is 3.93. The molecule has 1 atom stereocenters. The van der Waals surface area contributed by atoms with Gasteiger partial charge in [0.05, 0.1) is 6.04 Å². The molecule has 0 saturated heterocycles. The molecule has 2 rings (SSSR count). The Kier molecular flexibility index (Phi) is 7.24. The van der Waals surface area contributed by atoms with Crippen LogP contribution in [0.4, 0.5) is 4.39 Å². The van der Waals surface area contributed by atoms with Crippen LogP contribution in [0.25, 0.3) is 0 Å². The van der Waals surface area contributed by atoms with Gasteiger partial charge in [-0.3, -0.25) is 4.79 Å². The maximum absolute atomic E-state index is 13.4. The highest BCUT2D eigenvalue weighted by atomic mass is 35.5. The normalized spacial score (nSPS) is 11.5. The highest BCUT2D eigenvalue weighted by Gasteiger charge is 2.15. The van der Waals surface area contributed by atoms with Gasteiger partial charge in [-0.05, 0) is 36.8 Å². The number of hydrogen-bond acceptors (Lipinski definition) is 4. The van der Waals surface area contributed by atoms with E-state index in [0.717, 1.165) is 0 Å². The Hall–Kier alpha value is -2.31. The van der Waals surface area contributed by atoms with Crippen molar-refractivity contribution >= 4 is 35.1 Å². The third kappa shape index (κ3) is 5.89. The lowest BCUT2D eigenvalue weighted by atomic mass is 10.1. The molecule has 2 aromatic rings. The zero-order valence-corrected chi connectivity index (χ0v) is 15.3. The summed E-state index contributed by atoms with van der Waals surface area (Å²) in [6.07, 6.45) is 0. The number of carbonyl (C=O) groups is 2. The summed E-state index contributed by atoms with van der Waals surface area (Å²) in [5.41, 5.74) is 0.679. The smallest absolute Gasteiger partial charge is 0.344 e. The third-order valence-corrected chi connectivity index (χ3v) is 3.92. The molecule has 0 bridgehead atoms. The van der Waals surface area contributed by atoms with Gasteiger partial charge >= 0.3 is 5.97 Å². The summed E-state index contributed by atoms with van der Waals surface area (Å²) in [7, 11) is 0. The van der Waals surface area contributed by atoms with Crippen molar-refractivity contribution in [3.05, 3.63) is 63.9 Å². The van der Waals surface area contributed by atoms with E-state index in [1.807, 2.05) is 0 Å². The van der Waals surface area contributed by atoms with Crippen molar-refractivity contribution in [3.63, 3.8) is 0 Å². The summed E-state index contributed by atoms with van der Waals surface area (Å²) in [5.74, 6) is -1.96. The van der Waals surface area contributed by atoms with Crippen LogP contribution < -0.4 is 10.1 Å². The van der Waals surface area contributed by atoms with E-state index in [2.05, 4.69) is 5.32 Å². The lowest BCUT2D eigenvalue weighted by Crippen LogP contribution is -2.32. The number of carbonyl (C=O) groups excluding carboxylic acids is 2. The summed E-state index contributed by atoms with van der Waals surface area (Å²) >= 11 is 11.9. The molecule has 0 aromatic heterocycles. The molecule has 138 valence electrons. The Balaban J connectivity index is 1.77. The third-order valence-electron chi connectivity index (χ3n) is 3.35. The van der Waals surface area contributed by atoms with Crippen LogP contribution in [0, 0.1) is 5.82 Å². The van der Waals surface area contributed by atoms with Crippen LogP contribution in [-0.4, -0.2) is 25.1 Å². The molecule has 0 aliphatic carbocycles. The van der Waals surface area contributed by atoms with Crippen molar-refractivity contribution in [2.75, 3.05) is 13.2 Å². The highest BCUT2D eigenvalue weighted by molar-refractivity contribution is 6.35. The van der Waals surface area contributed by atoms with Crippen LogP contribution >= 0.6 is 23.2 Å². The molecule has 0 spiro atoms. The number of ether oxygens (including phenoxy) is 2. The standard InChI is InChI=1S/C18H16Cl2FNO4/c1-11(13-7-6-12(19)8-14(13)20)22-17(23)9-26-18(24)10-25-16-5-3-2-4-15(16)21/h2-8,11H,9-10H2,1H3,(H,22,23)/t11-/m0/s1. The van der Waals surface area contributed by atoms with Crippen molar-refractivity contribution in [1.82, 2.24) is 5.32 Å². The first kappa shape index (κ1) is 20.0. The molecule has 0 heterocycles. The molecule has 0 radical (unpaired) electrons. The first-order chi connectivity index (χ1) is 12.4. The molecule has 2 aromatic carbocycles. The van der Waals surface area contributed by atoms with Crippen molar-refractivity contribution in [1.29, 1.82) is 0 Å². The Morgan fingerprint density at radius 1 is 1.15 bits per heavy atom. The van der Waals surface area contributed by atoms with Gasteiger partial charge in [0.25, 0.3) is 5.91 Å². The minimum absolute atomic E-state index is 0.0695. The van der Waals surface area contributed by atoms with Gasteiger partial charge in [0.15, 0.2) is 24.8 Å². The molecular formula is C18H16Cl2FNO4. The van der Waals surface area contributed by atoms with E-state index in [0.29, 0.717) is 15.6 Å². The van der Waals surface area contributed by atoms with E-state index in [-0.39, 0.29) is 5.75 Å². The van der Waals surface area contributed by atoms with Crippen molar-refractivity contribution in [2.45, 2.75) is 13.0 Å². The van der Waals surface area contributed by atoms with E-state index >= 15 is 0 Å². The highest BCUT2D eigenvalue weighted by Crippen LogP contribution is 2.26. The van der Waals surface area contributed by atoms with Gasteiger partial charge < -0.3 is 14.8 Å². The zero-order valence-electron chi connectivity index (χ0n) is 13.8. The molecule has 1 N–H and O–H groups in total. The monoisotopic (exact) mass is 399 g/mol. The maximum Gasteiger partial charge on any atom is 0.344 e. The molecule has 0 aliphatic heterocycles. The van der Waals surface area contributed by atoms with Gasteiger partial charge in [-0.25, -0.2) is 9.18 Å². The molecule has 0 aliphatic rings. The lowest BCUT2D eigenvalue weighted by Gasteiger charge is -2.16. The molecular weight excluding hydrogens is 384 g/mol. The van der Waals surface area contributed by atoms with Crippen LogP contribution in [0.5, 0.6) is 5.75 Å². The van der Waals surface area contributed by atoms with E-state index < -0.39 is 36.9 Å². The number of amides is 1. The average molecular weight is 400 g/mol. The van der Waals surface area contributed by atoms with E-state index in [1.165, 1.54) is 18.2 Å². The van der Waals surface area contributed by atoms with Crippen molar-refractivity contribution < 1.29 is 23.5 Å². The van der Waals surface area contributed by atoms with Gasteiger partial charge in [-0.15, -0.1) is 0 Å². The Labute approximate surface area is 160 Å². The van der Waals surface area contributed by atoms with Crippen molar-refractivity contribution in [2.24, 2.45) is 0 Å². The lowest BCUT2D eigenvalue weighted by molar-refractivity contribution is -0.150. The van der Waals surface area contributed by atoms with E-state index in [4.69, 9.17) is 32.7 Å². The number of hydrogen-bond donors (Lipinski definition) is 1. The molecule has 0 unspecified atom stereocenters. The van der Waals surface area contributed by atoms with Crippen molar-refractivity contribution in [3.8, 4) is 5.75 Å². The van der Waals surface area contributed by atoms with Gasteiger partial charge in [-0.2, -0.15) is 0 Å².